The summed E-state index contributed by atoms with van der Waals surface area (Å²) in [7, 11) is 1.60. The van der Waals surface area contributed by atoms with Crippen LogP contribution in [0.2, 0.25) is 0 Å². The molecule has 202 valence electrons. The van der Waals surface area contributed by atoms with Crippen molar-refractivity contribution in [2.45, 2.75) is 88.5 Å². The van der Waals surface area contributed by atoms with Crippen LogP contribution in [0.3, 0.4) is 0 Å². The molecule has 6 atom stereocenters. The van der Waals surface area contributed by atoms with Gasteiger partial charge in [0.05, 0.1) is 6.10 Å². The van der Waals surface area contributed by atoms with E-state index < -0.39 is 41.4 Å². The van der Waals surface area contributed by atoms with Crippen LogP contribution in [-0.2, 0) is 9.53 Å². The van der Waals surface area contributed by atoms with Gasteiger partial charge < -0.3 is 9.84 Å². The Morgan fingerprint density at radius 2 is 1.73 bits per heavy atom. The Hall–Kier alpha value is -2.06. The molecule has 5 rings (SSSR count). The second-order valence-corrected chi connectivity index (χ2v) is 11.5. The number of halogens is 5. The summed E-state index contributed by atoms with van der Waals surface area (Å²) in [5, 5.41) is 11.3. The number of aliphatic hydroxyl groups is 1. The SMILES string of the molecule is COC(C)c1ccc([C@H]2C[C@@]3(C)[C@@H](CC[C@@]3(O)C(F)(F)C(F)(F)F)[C@@H]3CCC4=CC(=O)CCC4=C32)cc1. The number of alkyl halides is 5. The van der Waals surface area contributed by atoms with E-state index in [0.29, 0.717) is 25.7 Å². The van der Waals surface area contributed by atoms with E-state index in [-0.39, 0.29) is 30.6 Å². The smallest absolute Gasteiger partial charge is 0.383 e. The van der Waals surface area contributed by atoms with E-state index in [0.717, 1.165) is 27.8 Å². The minimum absolute atomic E-state index is 0.0183. The molecule has 0 saturated heterocycles. The van der Waals surface area contributed by atoms with Crippen molar-refractivity contribution in [3.63, 3.8) is 0 Å². The van der Waals surface area contributed by atoms with Gasteiger partial charge in [-0.3, -0.25) is 4.79 Å². The molecule has 0 spiro atoms. The lowest BCUT2D eigenvalue weighted by molar-refractivity contribution is -0.362. The monoisotopic (exact) mass is 524 g/mol. The van der Waals surface area contributed by atoms with E-state index in [4.69, 9.17) is 4.74 Å². The summed E-state index contributed by atoms with van der Waals surface area (Å²) in [5.41, 5.74) is 0.0103. The first-order chi connectivity index (χ1) is 17.2. The summed E-state index contributed by atoms with van der Waals surface area (Å²) in [6, 6.07) is 7.58. The maximum absolute atomic E-state index is 15.0. The Bertz CT molecular complexity index is 1150. The summed E-state index contributed by atoms with van der Waals surface area (Å²) in [4.78, 5) is 12.1. The molecule has 1 unspecified atom stereocenters. The molecule has 0 aliphatic heterocycles. The van der Waals surface area contributed by atoms with Crippen molar-refractivity contribution >= 4 is 5.78 Å². The summed E-state index contributed by atoms with van der Waals surface area (Å²) in [5.74, 6) is -6.32. The topological polar surface area (TPSA) is 46.5 Å². The highest BCUT2D eigenvalue weighted by Crippen LogP contribution is 2.70. The highest BCUT2D eigenvalue weighted by Gasteiger charge is 2.79. The first-order valence-corrected chi connectivity index (χ1v) is 13.0. The number of carbonyl (C=O) groups excluding carboxylic acids is 1. The fraction of sp³-hybridized carbons (Fsp3) is 0.621. The van der Waals surface area contributed by atoms with Crippen LogP contribution >= 0.6 is 0 Å². The van der Waals surface area contributed by atoms with E-state index in [1.165, 1.54) is 6.92 Å². The minimum Gasteiger partial charge on any atom is -0.383 e. The van der Waals surface area contributed by atoms with Gasteiger partial charge in [0.15, 0.2) is 5.78 Å². The molecular formula is C29H33F5O3. The van der Waals surface area contributed by atoms with Crippen LogP contribution in [0, 0.1) is 17.3 Å². The maximum Gasteiger partial charge on any atom is 0.456 e. The van der Waals surface area contributed by atoms with E-state index >= 15 is 8.78 Å². The number of fused-ring (bicyclic) bond motifs is 4. The van der Waals surface area contributed by atoms with Gasteiger partial charge in [0.2, 0.25) is 0 Å². The Morgan fingerprint density at radius 1 is 1.05 bits per heavy atom. The summed E-state index contributed by atoms with van der Waals surface area (Å²) in [6.45, 7) is 3.34. The zero-order valence-electron chi connectivity index (χ0n) is 21.3. The summed E-state index contributed by atoms with van der Waals surface area (Å²) < 4.78 is 76.4. The van der Waals surface area contributed by atoms with Crippen molar-refractivity contribution in [3.05, 3.63) is 58.2 Å². The number of ketones is 1. The molecule has 1 aromatic rings. The van der Waals surface area contributed by atoms with Crippen molar-refractivity contribution in [2.24, 2.45) is 17.3 Å². The predicted molar refractivity (Wildman–Crippen MR) is 128 cm³/mol. The number of hydrogen-bond acceptors (Lipinski definition) is 3. The lowest BCUT2D eigenvalue weighted by Gasteiger charge is -2.56. The number of ether oxygens (including phenoxy) is 1. The fourth-order valence-corrected chi connectivity index (χ4v) is 7.85. The maximum atomic E-state index is 15.0. The van der Waals surface area contributed by atoms with E-state index in [1.807, 2.05) is 31.2 Å². The Labute approximate surface area is 213 Å². The third-order valence-electron chi connectivity index (χ3n) is 9.92. The molecule has 0 bridgehead atoms. The quantitative estimate of drug-likeness (QED) is 0.423. The molecule has 0 radical (unpaired) electrons. The van der Waals surface area contributed by atoms with Crippen molar-refractivity contribution in [1.29, 1.82) is 0 Å². The zero-order chi connectivity index (χ0) is 27.0. The molecule has 1 N–H and O–H groups in total. The number of methoxy groups -OCH3 is 1. The molecule has 4 aliphatic carbocycles. The minimum atomic E-state index is -5.85. The van der Waals surface area contributed by atoms with Gasteiger partial charge in [-0.2, -0.15) is 22.0 Å². The van der Waals surface area contributed by atoms with Crippen LogP contribution in [-0.4, -0.2) is 35.7 Å². The third-order valence-corrected chi connectivity index (χ3v) is 9.92. The van der Waals surface area contributed by atoms with Gasteiger partial charge in [0.25, 0.3) is 0 Å². The van der Waals surface area contributed by atoms with Crippen LogP contribution in [0.25, 0.3) is 0 Å². The molecule has 2 fully saturated rings. The number of rotatable bonds is 4. The Kier molecular flexibility index (Phi) is 6.26. The molecule has 2 saturated carbocycles. The summed E-state index contributed by atoms with van der Waals surface area (Å²) >= 11 is 0. The molecule has 3 nitrogen and oxygen atoms in total. The van der Waals surface area contributed by atoms with Crippen molar-refractivity contribution in [3.8, 4) is 0 Å². The van der Waals surface area contributed by atoms with Gasteiger partial charge in [0.1, 0.15) is 5.60 Å². The lowest BCUT2D eigenvalue weighted by Crippen LogP contribution is -2.65. The lowest BCUT2D eigenvalue weighted by atomic mass is 9.50. The van der Waals surface area contributed by atoms with Gasteiger partial charge in [-0.25, -0.2) is 0 Å². The van der Waals surface area contributed by atoms with Crippen LogP contribution in [0.1, 0.15) is 81.9 Å². The standard InChI is InChI=1S/C29H33F5O3/c1-16(37-3)17-4-6-18(7-5-17)23-15-26(2)24(12-13-27(26,36)28(30,31)29(32,33)34)22-10-8-19-14-20(35)9-11-21(19)25(22)23/h4-7,14,16,22-24,36H,8-13,15H2,1-3H3/t16?,22-,23+,24-,26-,27-/m0/s1. The molecule has 8 heteroatoms. The summed E-state index contributed by atoms with van der Waals surface area (Å²) in [6.07, 6.45) is -2.76. The average Bonchev–Trinajstić information content (AvgIpc) is 3.13. The van der Waals surface area contributed by atoms with Gasteiger partial charge in [-0.15, -0.1) is 0 Å². The van der Waals surface area contributed by atoms with Gasteiger partial charge in [0, 0.05) is 24.9 Å². The molecule has 0 amide bonds. The van der Waals surface area contributed by atoms with Gasteiger partial charge in [-0.1, -0.05) is 36.8 Å². The van der Waals surface area contributed by atoms with Crippen LogP contribution in [0.15, 0.2) is 47.1 Å². The van der Waals surface area contributed by atoms with Gasteiger partial charge >= 0.3 is 12.1 Å². The predicted octanol–water partition coefficient (Wildman–Crippen LogP) is 7.22. The number of hydrogen-bond donors (Lipinski definition) is 1. The first kappa shape index (κ1) is 26.5. The Balaban J connectivity index is 1.67. The van der Waals surface area contributed by atoms with Crippen LogP contribution in [0.4, 0.5) is 22.0 Å². The second-order valence-electron chi connectivity index (χ2n) is 11.5. The average molecular weight is 525 g/mol. The largest absolute Gasteiger partial charge is 0.456 e. The van der Waals surface area contributed by atoms with E-state index in [1.54, 1.807) is 13.2 Å². The molecule has 4 aliphatic rings. The fourth-order valence-electron chi connectivity index (χ4n) is 7.85. The molecular weight excluding hydrogens is 491 g/mol. The number of allylic oxidation sites excluding steroid dienone is 4. The number of carbonyl (C=O) groups is 1. The van der Waals surface area contributed by atoms with Crippen molar-refractivity contribution in [2.75, 3.05) is 7.11 Å². The Morgan fingerprint density at radius 3 is 2.35 bits per heavy atom. The van der Waals surface area contributed by atoms with E-state index in [9.17, 15) is 23.1 Å². The molecule has 1 aromatic carbocycles. The third kappa shape index (κ3) is 3.76. The normalized spacial score (nSPS) is 35.0. The molecule has 0 heterocycles. The second kappa shape index (κ2) is 8.73. The highest BCUT2D eigenvalue weighted by molar-refractivity contribution is 5.93. The molecule has 0 aromatic heterocycles. The van der Waals surface area contributed by atoms with E-state index in [2.05, 4.69) is 0 Å². The van der Waals surface area contributed by atoms with Crippen molar-refractivity contribution in [1.82, 2.24) is 0 Å². The first-order valence-electron chi connectivity index (χ1n) is 13.0. The van der Waals surface area contributed by atoms with Crippen molar-refractivity contribution < 1.29 is 36.6 Å². The van der Waals surface area contributed by atoms with Gasteiger partial charge in [-0.05, 0) is 85.6 Å². The number of benzene rings is 1. The highest BCUT2D eigenvalue weighted by atomic mass is 19.4. The molecule has 37 heavy (non-hydrogen) atoms. The van der Waals surface area contributed by atoms with Crippen LogP contribution in [0.5, 0.6) is 0 Å². The zero-order valence-corrected chi connectivity index (χ0v) is 21.3. The van der Waals surface area contributed by atoms with Crippen LogP contribution < -0.4 is 0 Å².